The minimum atomic E-state index is -0.322. The highest BCUT2D eigenvalue weighted by Crippen LogP contribution is 2.21. The molecule has 1 aliphatic rings. The molecular weight excluding hydrogens is 150 g/mol. The van der Waals surface area contributed by atoms with Gasteiger partial charge in [0.05, 0.1) is 6.07 Å². The smallest absolute Gasteiger partial charge is 0.106 e. The Morgan fingerprint density at radius 2 is 2.33 bits per heavy atom. The van der Waals surface area contributed by atoms with Gasteiger partial charge in [-0.3, -0.25) is 4.90 Å². The number of hydrogen-bond acceptors (Lipinski definition) is 3. The van der Waals surface area contributed by atoms with Crippen LogP contribution in [0.5, 0.6) is 0 Å². The molecule has 1 fully saturated rings. The van der Waals surface area contributed by atoms with Crippen molar-refractivity contribution in [2.24, 2.45) is 11.7 Å². The largest absolute Gasteiger partial charge is 0.315 e. The van der Waals surface area contributed by atoms with E-state index in [0.717, 1.165) is 19.0 Å². The Bertz CT molecular complexity index is 185. The van der Waals surface area contributed by atoms with Crippen LogP contribution >= 0.6 is 0 Å². The van der Waals surface area contributed by atoms with E-state index in [-0.39, 0.29) is 6.04 Å². The second kappa shape index (κ2) is 3.88. The first-order valence-electron chi connectivity index (χ1n) is 4.52. The van der Waals surface area contributed by atoms with Crippen molar-refractivity contribution in [3.63, 3.8) is 0 Å². The molecule has 0 spiro atoms. The lowest BCUT2D eigenvalue weighted by atomic mass is 10.1. The fourth-order valence-corrected chi connectivity index (χ4v) is 1.93. The minimum absolute atomic E-state index is 0.322. The van der Waals surface area contributed by atoms with Crippen molar-refractivity contribution in [3.05, 3.63) is 0 Å². The molecule has 0 aromatic carbocycles. The molecule has 0 amide bonds. The fourth-order valence-electron chi connectivity index (χ4n) is 1.93. The number of nitriles is 1. The first-order valence-corrected chi connectivity index (χ1v) is 4.52. The highest BCUT2D eigenvalue weighted by Gasteiger charge is 2.26. The number of hydrogen-bond donors (Lipinski definition) is 1. The average molecular weight is 167 g/mol. The van der Waals surface area contributed by atoms with Gasteiger partial charge in [-0.2, -0.15) is 5.26 Å². The number of nitrogens with zero attached hydrogens (tertiary/aromatic N) is 2. The van der Waals surface area contributed by atoms with Crippen LogP contribution in [0.4, 0.5) is 0 Å². The summed E-state index contributed by atoms with van der Waals surface area (Å²) >= 11 is 0. The molecule has 1 heterocycles. The molecule has 0 bridgehead atoms. The lowest BCUT2D eigenvalue weighted by Crippen LogP contribution is -2.38. The predicted octanol–water partition coefficient (Wildman–Crippen LogP) is 0.568. The van der Waals surface area contributed by atoms with Crippen LogP contribution in [-0.2, 0) is 0 Å². The molecule has 68 valence electrons. The zero-order valence-electron chi connectivity index (χ0n) is 7.83. The van der Waals surface area contributed by atoms with Gasteiger partial charge in [0.1, 0.15) is 6.04 Å². The quantitative estimate of drug-likeness (QED) is 0.654. The summed E-state index contributed by atoms with van der Waals surface area (Å²) in [5.41, 5.74) is 5.56. The number of rotatable bonds is 2. The molecule has 1 saturated heterocycles. The topological polar surface area (TPSA) is 53.0 Å². The molecule has 2 N–H and O–H groups in total. The highest BCUT2D eigenvalue weighted by atomic mass is 15.2. The summed E-state index contributed by atoms with van der Waals surface area (Å²) < 4.78 is 0. The van der Waals surface area contributed by atoms with Crippen molar-refractivity contribution in [1.82, 2.24) is 4.90 Å². The van der Waals surface area contributed by atoms with Crippen LogP contribution in [0.2, 0.25) is 0 Å². The Morgan fingerprint density at radius 3 is 2.75 bits per heavy atom. The predicted molar refractivity (Wildman–Crippen MR) is 48.4 cm³/mol. The van der Waals surface area contributed by atoms with Gasteiger partial charge in [0.2, 0.25) is 0 Å². The van der Waals surface area contributed by atoms with Gasteiger partial charge >= 0.3 is 0 Å². The van der Waals surface area contributed by atoms with Crippen LogP contribution in [0.15, 0.2) is 0 Å². The molecule has 0 radical (unpaired) electrons. The maximum Gasteiger partial charge on any atom is 0.106 e. The minimum Gasteiger partial charge on any atom is -0.315 e. The van der Waals surface area contributed by atoms with Crippen molar-refractivity contribution >= 4 is 0 Å². The van der Waals surface area contributed by atoms with Gasteiger partial charge in [0.15, 0.2) is 0 Å². The van der Waals surface area contributed by atoms with Gasteiger partial charge in [-0.15, -0.1) is 0 Å². The van der Waals surface area contributed by atoms with Crippen LogP contribution in [0.3, 0.4) is 0 Å². The third-order valence-electron chi connectivity index (χ3n) is 2.51. The van der Waals surface area contributed by atoms with Crippen molar-refractivity contribution in [2.75, 3.05) is 13.1 Å². The summed E-state index contributed by atoms with van der Waals surface area (Å²) in [6, 6.07) is 2.34. The summed E-state index contributed by atoms with van der Waals surface area (Å²) in [5, 5.41) is 8.55. The zero-order valence-corrected chi connectivity index (χ0v) is 7.83. The molecule has 3 heteroatoms. The van der Waals surface area contributed by atoms with Gasteiger partial charge in [0, 0.05) is 19.1 Å². The number of likely N-dealkylation sites (tertiary alicyclic amines) is 1. The van der Waals surface area contributed by atoms with Gasteiger partial charge < -0.3 is 5.73 Å². The Labute approximate surface area is 74.1 Å². The van der Waals surface area contributed by atoms with Crippen molar-refractivity contribution < 1.29 is 0 Å². The summed E-state index contributed by atoms with van der Waals surface area (Å²) in [5.74, 6) is 0.755. The molecule has 0 aromatic rings. The van der Waals surface area contributed by atoms with E-state index in [1.807, 2.05) is 0 Å². The van der Waals surface area contributed by atoms with Crippen LogP contribution in [0.1, 0.15) is 20.3 Å². The Kier molecular flexibility index (Phi) is 3.07. The monoisotopic (exact) mass is 167 g/mol. The van der Waals surface area contributed by atoms with Gasteiger partial charge in [-0.25, -0.2) is 0 Å². The summed E-state index contributed by atoms with van der Waals surface area (Å²) in [7, 11) is 0. The van der Waals surface area contributed by atoms with Crippen molar-refractivity contribution in [1.29, 1.82) is 5.26 Å². The summed E-state index contributed by atoms with van der Waals surface area (Å²) in [6.07, 6.45) is 1.23. The molecular formula is C9H17N3. The average Bonchev–Trinajstić information content (AvgIpc) is 2.30. The van der Waals surface area contributed by atoms with E-state index in [0.29, 0.717) is 6.04 Å². The van der Waals surface area contributed by atoms with E-state index in [4.69, 9.17) is 11.0 Å². The maximum absolute atomic E-state index is 8.55. The van der Waals surface area contributed by atoms with E-state index in [9.17, 15) is 0 Å². The Hall–Kier alpha value is -0.590. The van der Waals surface area contributed by atoms with Crippen molar-refractivity contribution in [2.45, 2.75) is 32.4 Å². The third-order valence-corrected chi connectivity index (χ3v) is 2.51. The molecule has 3 nitrogen and oxygen atoms in total. The molecule has 12 heavy (non-hydrogen) atoms. The van der Waals surface area contributed by atoms with E-state index >= 15 is 0 Å². The lowest BCUT2D eigenvalue weighted by molar-refractivity contribution is 0.260. The maximum atomic E-state index is 8.55. The first-order chi connectivity index (χ1) is 5.63. The molecule has 1 rings (SSSR count). The van der Waals surface area contributed by atoms with Gasteiger partial charge in [0.25, 0.3) is 0 Å². The van der Waals surface area contributed by atoms with Crippen LogP contribution in [0, 0.1) is 17.2 Å². The molecule has 3 unspecified atom stereocenters. The fraction of sp³-hybridized carbons (Fsp3) is 0.889. The second-order valence-corrected chi connectivity index (χ2v) is 3.88. The molecule has 3 atom stereocenters. The molecule has 1 aliphatic heterocycles. The van der Waals surface area contributed by atoms with E-state index < -0.39 is 0 Å². The summed E-state index contributed by atoms with van der Waals surface area (Å²) in [4.78, 5) is 2.30. The van der Waals surface area contributed by atoms with E-state index in [1.165, 1.54) is 6.42 Å². The molecule has 0 aromatic heterocycles. The highest BCUT2D eigenvalue weighted by molar-refractivity contribution is 4.92. The van der Waals surface area contributed by atoms with Gasteiger partial charge in [-0.05, 0) is 19.3 Å². The molecule has 0 saturated carbocycles. The first kappa shape index (κ1) is 9.50. The van der Waals surface area contributed by atoms with Crippen molar-refractivity contribution in [3.8, 4) is 6.07 Å². The Balaban J connectivity index is 2.39. The Morgan fingerprint density at radius 1 is 1.67 bits per heavy atom. The zero-order chi connectivity index (χ0) is 9.14. The SMILES string of the molecule is CC1CC(C)N(CC(N)C#N)C1. The molecule has 0 aliphatic carbocycles. The third kappa shape index (κ3) is 2.20. The van der Waals surface area contributed by atoms with Crippen LogP contribution in [-0.4, -0.2) is 30.1 Å². The van der Waals surface area contributed by atoms with E-state index in [1.54, 1.807) is 0 Å². The second-order valence-electron chi connectivity index (χ2n) is 3.88. The normalized spacial score (nSPS) is 33.2. The van der Waals surface area contributed by atoms with Crippen LogP contribution < -0.4 is 5.73 Å². The number of nitrogens with two attached hydrogens (primary N) is 1. The standard InChI is InChI=1S/C9H17N3/c1-7-3-8(2)12(5-7)6-9(11)4-10/h7-9H,3,5-6,11H2,1-2H3. The van der Waals surface area contributed by atoms with Gasteiger partial charge in [-0.1, -0.05) is 6.92 Å². The van der Waals surface area contributed by atoms with Crippen LogP contribution in [0.25, 0.3) is 0 Å². The summed E-state index contributed by atoms with van der Waals surface area (Å²) in [6.45, 7) is 6.26. The lowest BCUT2D eigenvalue weighted by Gasteiger charge is -2.21. The van der Waals surface area contributed by atoms with E-state index in [2.05, 4.69) is 24.8 Å².